The third kappa shape index (κ3) is 3.47. The number of nitrogens with zero attached hydrogens (tertiary/aromatic N) is 2. The van der Waals surface area contributed by atoms with Crippen LogP contribution in [-0.2, 0) is 16.1 Å². The summed E-state index contributed by atoms with van der Waals surface area (Å²) < 4.78 is 43.8. The standard InChI is InChI=1S/C16H12Cl2F3N3O2/c1-26-15(25)14-11-4-5-23(16(19,20)21)8-13(11)24(22-14)7-9-2-3-10(17)6-12(9)18/h2-6,8,22H,7H2,1H3. The lowest BCUT2D eigenvalue weighted by molar-refractivity contribution is -0.211. The SMILES string of the molecule is COC(=O)C1=C2C=CN(C(F)(F)F)C=C2N(Cc2ccc(Cl)cc2Cl)N1. The van der Waals surface area contributed by atoms with Crippen molar-refractivity contribution >= 4 is 29.2 Å². The average Bonchev–Trinajstić information content (AvgIpc) is 2.94. The Balaban J connectivity index is 1.97. The number of nitrogens with one attached hydrogen (secondary N) is 1. The van der Waals surface area contributed by atoms with Gasteiger partial charge in [0.1, 0.15) is 5.70 Å². The van der Waals surface area contributed by atoms with Gasteiger partial charge in [0.15, 0.2) is 0 Å². The summed E-state index contributed by atoms with van der Waals surface area (Å²) >= 11 is 12.0. The predicted molar refractivity (Wildman–Crippen MR) is 89.3 cm³/mol. The molecule has 0 amide bonds. The Labute approximate surface area is 156 Å². The molecular formula is C16H12Cl2F3N3O2. The number of carbonyl (C=O) groups is 1. The highest BCUT2D eigenvalue weighted by Crippen LogP contribution is 2.35. The van der Waals surface area contributed by atoms with Gasteiger partial charge in [-0.3, -0.25) is 15.3 Å². The van der Waals surface area contributed by atoms with Gasteiger partial charge in [0, 0.05) is 28.0 Å². The number of methoxy groups -OCH3 is 1. The molecule has 0 saturated carbocycles. The monoisotopic (exact) mass is 405 g/mol. The molecule has 10 heteroatoms. The van der Waals surface area contributed by atoms with Crippen LogP contribution in [0.5, 0.6) is 0 Å². The first-order valence-corrected chi connectivity index (χ1v) is 8.02. The topological polar surface area (TPSA) is 44.8 Å². The summed E-state index contributed by atoms with van der Waals surface area (Å²) in [6.07, 6.45) is -1.66. The lowest BCUT2D eigenvalue weighted by atomic mass is 10.1. The molecule has 0 unspecified atom stereocenters. The van der Waals surface area contributed by atoms with Crippen LogP contribution in [0.2, 0.25) is 10.0 Å². The Morgan fingerprint density at radius 1 is 1.31 bits per heavy atom. The molecule has 2 aliphatic heterocycles. The van der Waals surface area contributed by atoms with Crippen molar-refractivity contribution in [2.45, 2.75) is 12.8 Å². The Hall–Kier alpha value is -2.32. The van der Waals surface area contributed by atoms with E-state index in [2.05, 4.69) is 10.2 Å². The first-order chi connectivity index (χ1) is 12.2. The summed E-state index contributed by atoms with van der Waals surface area (Å²) in [4.78, 5) is 12.0. The summed E-state index contributed by atoms with van der Waals surface area (Å²) in [5.41, 5.74) is 3.89. The van der Waals surface area contributed by atoms with Crippen molar-refractivity contribution in [1.82, 2.24) is 15.3 Å². The van der Waals surface area contributed by atoms with E-state index in [1.54, 1.807) is 12.1 Å². The lowest BCUT2D eigenvalue weighted by Gasteiger charge is -2.27. The highest BCUT2D eigenvalue weighted by atomic mass is 35.5. The maximum absolute atomic E-state index is 13.0. The molecule has 0 bridgehead atoms. The van der Waals surface area contributed by atoms with Gasteiger partial charge < -0.3 is 4.74 Å². The lowest BCUT2D eigenvalue weighted by Crippen LogP contribution is -2.35. The van der Waals surface area contributed by atoms with Crippen LogP contribution < -0.4 is 5.43 Å². The van der Waals surface area contributed by atoms with Crippen molar-refractivity contribution in [3.05, 3.63) is 69.3 Å². The van der Waals surface area contributed by atoms with Gasteiger partial charge in [0.2, 0.25) is 0 Å². The van der Waals surface area contributed by atoms with Crippen molar-refractivity contribution in [3.8, 4) is 0 Å². The zero-order chi connectivity index (χ0) is 19.1. The smallest absolute Gasteiger partial charge is 0.464 e. The number of esters is 1. The molecule has 2 aliphatic rings. The van der Waals surface area contributed by atoms with Crippen molar-refractivity contribution in [2.24, 2.45) is 0 Å². The number of hydrogen-bond donors (Lipinski definition) is 1. The molecule has 3 rings (SSSR count). The number of fused-ring (bicyclic) bond motifs is 1. The Kier molecular flexibility index (Phi) is 4.81. The maximum atomic E-state index is 13.0. The Morgan fingerprint density at radius 3 is 2.65 bits per heavy atom. The van der Waals surface area contributed by atoms with Crippen LogP contribution in [0.15, 0.2) is 53.6 Å². The molecule has 0 aliphatic carbocycles. The van der Waals surface area contributed by atoms with Gasteiger partial charge in [-0.05, 0) is 23.8 Å². The van der Waals surface area contributed by atoms with Crippen molar-refractivity contribution in [2.75, 3.05) is 7.11 Å². The van der Waals surface area contributed by atoms with E-state index in [-0.39, 0.29) is 22.8 Å². The van der Waals surface area contributed by atoms with Gasteiger partial charge in [-0.15, -0.1) is 13.2 Å². The Morgan fingerprint density at radius 2 is 2.04 bits per heavy atom. The molecule has 0 saturated heterocycles. The molecule has 1 aromatic rings. The zero-order valence-corrected chi connectivity index (χ0v) is 14.8. The van der Waals surface area contributed by atoms with E-state index in [0.29, 0.717) is 21.2 Å². The predicted octanol–water partition coefficient (Wildman–Crippen LogP) is 3.93. The molecule has 26 heavy (non-hydrogen) atoms. The number of benzene rings is 1. The number of ether oxygens (including phenoxy) is 1. The molecule has 1 N–H and O–H groups in total. The second-order valence-corrected chi connectivity index (χ2v) is 6.26. The van der Waals surface area contributed by atoms with Crippen LogP contribution in [0.1, 0.15) is 5.56 Å². The molecule has 2 heterocycles. The number of rotatable bonds is 3. The molecule has 0 atom stereocenters. The van der Waals surface area contributed by atoms with Gasteiger partial charge >= 0.3 is 12.3 Å². The zero-order valence-electron chi connectivity index (χ0n) is 13.3. The van der Waals surface area contributed by atoms with Gasteiger partial charge in [-0.25, -0.2) is 4.79 Å². The number of halogens is 5. The van der Waals surface area contributed by atoms with Crippen LogP contribution >= 0.6 is 23.2 Å². The van der Waals surface area contributed by atoms with Crippen molar-refractivity contribution < 1.29 is 22.7 Å². The Bertz CT molecular complexity index is 850. The summed E-state index contributed by atoms with van der Waals surface area (Å²) in [7, 11) is 1.19. The normalized spacial score (nSPS) is 16.5. The van der Waals surface area contributed by atoms with Gasteiger partial charge in [-0.2, -0.15) is 0 Å². The number of carbonyl (C=O) groups excluding carboxylic acids is 1. The molecule has 1 aromatic carbocycles. The molecule has 0 fully saturated rings. The van der Waals surface area contributed by atoms with Crippen molar-refractivity contribution in [3.63, 3.8) is 0 Å². The van der Waals surface area contributed by atoms with Crippen LogP contribution in [0.4, 0.5) is 13.2 Å². The highest BCUT2D eigenvalue weighted by Gasteiger charge is 2.39. The fourth-order valence-electron chi connectivity index (χ4n) is 2.53. The summed E-state index contributed by atoms with van der Waals surface area (Å²) in [5.74, 6) is -0.694. The first kappa shape index (κ1) is 18.5. The fraction of sp³-hybridized carbons (Fsp3) is 0.188. The third-order valence-corrected chi connectivity index (χ3v) is 4.36. The van der Waals surface area contributed by atoms with Crippen LogP contribution in [0, 0.1) is 0 Å². The summed E-state index contributed by atoms with van der Waals surface area (Å²) in [5, 5.41) is 2.18. The number of hydrazine groups is 1. The van der Waals surface area contributed by atoms with Crippen LogP contribution in [0.3, 0.4) is 0 Å². The molecular weight excluding hydrogens is 394 g/mol. The van der Waals surface area contributed by atoms with Crippen LogP contribution in [-0.4, -0.2) is 29.3 Å². The number of allylic oxidation sites excluding steroid dienone is 1. The second kappa shape index (κ2) is 6.77. The van der Waals surface area contributed by atoms with E-state index >= 15 is 0 Å². The van der Waals surface area contributed by atoms with Crippen molar-refractivity contribution in [1.29, 1.82) is 0 Å². The molecule has 0 radical (unpaired) electrons. The molecule has 0 spiro atoms. The molecule has 138 valence electrons. The minimum atomic E-state index is -4.59. The van der Waals surface area contributed by atoms with E-state index < -0.39 is 12.3 Å². The third-order valence-electron chi connectivity index (χ3n) is 3.77. The maximum Gasteiger partial charge on any atom is 0.488 e. The number of alkyl halides is 3. The average molecular weight is 406 g/mol. The van der Waals surface area contributed by atoms with E-state index in [0.717, 1.165) is 12.4 Å². The minimum Gasteiger partial charge on any atom is -0.464 e. The van der Waals surface area contributed by atoms with Gasteiger partial charge in [-0.1, -0.05) is 29.3 Å². The van der Waals surface area contributed by atoms with E-state index in [4.69, 9.17) is 23.2 Å². The van der Waals surface area contributed by atoms with E-state index in [9.17, 15) is 18.0 Å². The largest absolute Gasteiger partial charge is 0.488 e. The molecule has 5 nitrogen and oxygen atoms in total. The quantitative estimate of drug-likeness (QED) is 0.609. The van der Waals surface area contributed by atoms with Gasteiger partial charge in [0.05, 0.1) is 19.4 Å². The first-order valence-electron chi connectivity index (χ1n) is 7.27. The number of hydrogen-bond acceptors (Lipinski definition) is 5. The van der Waals surface area contributed by atoms with E-state index in [1.807, 2.05) is 0 Å². The highest BCUT2D eigenvalue weighted by molar-refractivity contribution is 6.35. The minimum absolute atomic E-state index is 0.0434. The summed E-state index contributed by atoms with van der Waals surface area (Å²) in [6, 6.07) is 4.80. The van der Waals surface area contributed by atoms with Gasteiger partial charge in [0.25, 0.3) is 0 Å². The van der Waals surface area contributed by atoms with Crippen LogP contribution in [0.25, 0.3) is 0 Å². The second-order valence-electron chi connectivity index (χ2n) is 5.42. The van der Waals surface area contributed by atoms with E-state index in [1.165, 1.54) is 24.3 Å². The molecule has 0 aromatic heterocycles. The fourth-order valence-corrected chi connectivity index (χ4v) is 3.00. The summed E-state index contributed by atoms with van der Waals surface area (Å²) in [6.45, 7) is 0.103.